The van der Waals surface area contributed by atoms with Gasteiger partial charge in [0.05, 0.1) is 6.42 Å². The molecular weight excluding hydrogens is 370 g/mol. The normalized spacial score (nSPS) is 11.3. The fourth-order valence-corrected chi connectivity index (χ4v) is 2.77. The zero-order valence-electron chi connectivity index (χ0n) is 16.2. The van der Waals surface area contributed by atoms with Crippen molar-refractivity contribution in [3.8, 4) is 17.1 Å². The SMILES string of the molecule is CCC(=NOCCOc1cccc(CC(=O)O)c1)c1ccc(-c2ccccc2)o1. The van der Waals surface area contributed by atoms with Crippen molar-refractivity contribution in [2.75, 3.05) is 13.2 Å². The lowest BCUT2D eigenvalue weighted by Gasteiger charge is -2.07. The predicted molar refractivity (Wildman–Crippen MR) is 110 cm³/mol. The minimum absolute atomic E-state index is 0.0357. The molecule has 0 atom stereocenters. The summed E-state index contributed by atoms with van der Waals surface area (Å²) in [5, 5.41) is 13.0. The molecule has 1 heterocycles. The van der Waals surface area contributed by atoms with Crippen LogP contribution in [0.4, 0.5) is 0 Å². The molecule has 0 aliphatic carbocycles. The molecule has 0 bridgehead atoms. The van der Waals surface area contributed by atoms with Gasteiger partial charge in [0.25, 0.3) is 0 Å². The molecule has 0 aliphatic heterocycles. The van der Waals surface area contributed by atoms with Gasteiger partial charge in [0.1, 0.15) is 23.8 Å². The third kappa shape index (κ3) is 5.97. The summed E-state index contributed by atoms with van der Waals surface area (Å²) in [5.41, 5.74) is 2.42. The Morgan fingerprint density at radius 1 is 1.03 bits per heavy atom. The Morgan fingerprint density at radius 3 is 2.62 bits per heavy atom. The molecular formula is C23H23NO5. The Balaban J connectivity index is 1.52. The fraction of sp³-hybridized carbons (Fsp3) is 0.217. The van der Waals surface area contributed by atoms with Crippen molar-refractivity contribution in [3.63, 3.8) is 0 Å². The van der Waals surface area contributed by atoms with E-state index in [1.165, 1.54) is 0 Å². The molecule has 0 spiro atoms. The summed E-state index contributed by atoms with van der Waals surface area (Å²) < 4.78 is 11.5. The van der Waals surface area contributed by atoms with E-state index in [4.69, 9.17) is 19.1 Å². The fourth-order valence-electron chi connectivity index (χ4n) is 2.77. The number of nitrogens with zero attached hydrogens (tertiary/aromatic N) is 1. The number of carboxylic acid groups (broad SMARTS) is 1. The lowest BCUT2D eigenvalue weighted by molar-refractivity contribution is -0.136. The molecule has 1 aromatic heterocycles. The average molecular weight is 393 g/mol. The van der Waals surface area contributed by atoms with E-state index in [1.807, 2.05) is 49.4 Å². The summed E-state index contributed by atoms with van der Waals surface area (Å²) in [7, 11) is 0. The largest absolute Gasteiger partial charge is 0.490 e. The molecule has 0 saturated carbocycles. The first kappa shape index (κ1) is 20.2. The number of ether oxygens (including phenoxy) is 1. The molecule has 29 heavy (non-hydrogen) atoms. The van der Waals surface area contributed by atoms with E-state index < -0.39 is 5.97 Å². The van der Waals surface area contributed by atoms with Crippen LogP contribution in [-0.2, 0) is 16.1 Å². The lowest BCUT2D eigenvalue weighted by Crippen LogP contribution is -2.07. The van der Waals surface area contributed by atoms with Gasteiger partial charge in [0.2, 0.25) is 0 Å². The number of furan rings is 1. The minimum Gasteiger partial charge on any atom is -0.490 e. The third-order valence-corrected chi connectivity index (χ3v) is 4.16. The molecule has 3 aromatic rings. The smallest absolute Gasteiger partial charge is 0.307 e. The van der Waals surface area contributed by atoms with Gasteiger partial charge >= 0.3 is 5.97 Å². The number of hydrogen-bond acceptors (Lipinski definition) is 5. The van der Waals surface area contributed by atoms with E-state index >= 15 is 0 Å². The number of aliphatic carboxylic acids is 1. The molecule has 0 saturated heterocycles. The van der Waals surface area contributed by atoms with Gasteiger partial charge in [0, 0.05) is 5.56 Å². The van der Waals surface area contributed by atoms with Crippen LogP contribution >= 0.6 is 0 Å². The van der Waals surface area contributed by atoms with E-state index in [2.05, 4.69) is 5.16 Å². The van der Waals surface area contributed by atoms with Gasteiger partial charge in [0.15, 0.2) is 12.4 Å². The van der Waals surface area contributed by atoms with Crippen molar-refractivity contribution in [3.05, 3.63) is 78.1 Å². The number of oxime groups is 1. The van der Waals surface area contributed by atoms with Crippen LogP contribution in [0, 0.1) is 0 Å². The van der Waals surface area contributed by atoms with Crippen LogP contribution in [0.25, 0.3) is 11.3 Å². The summed E-state index contributed by atoms with van der Waals surface area (Å²) in [6.07, 6.45) is 0.631. The second-order valence-corrected chi connectivity index (χ2v) is 6.32. The highest BCUT2D eigenvalue weighted by atomic mass is 16.6. The monoisotopic (exact) mass is 393 g/mol. The first-order chi connectivity index (χ1) is 14.2. The molecule has 3 rings (SSSR count). The van der Waals surface area contributed by atoms with E-state index in [0.717, 1.165) is 17.0 Å². The van der Waals surface area contributed by atoms with Crippen LogP contribution in [0.2, 0.25) is 0 Å². The molecule has 0 unspecified atom stereocenters. The Kier molecular flexibility index (Phi) is 7.05. The lowest BCUT2D eigenvalue weighted by atomic mass is 10.1. The van der Waals surface area contributed by atoms with Gasteiger partial charge in [-0.3, -0.25) is 4.79 Å². The van der Waals surface area contributed by atoms with Crippen molar-refractivity contribution < 1.29 is 23.9 Å². The molecule has 0 radical (unpaired) electrons. The number of rotatable bonds is 10. The van der Waals surface area contributed by atoms with Crippen molar-refractivity contribution in [1.29, 1.82) is 0 Å². The van der Waals surface area contributed by atoms with Gasteiger partial charge < -0.3 is 19.1 Å². The van der Waals surface area contributed by atoms with Crippen LogP contribution in [-0.4, -0.2) is 30.0 Å². The summed E-state index contributed by atoms with van der Waals surface area (Å²) in [6.45, 7) is 2.54. The van der Waals surface area contributed by atoms with Crippen LogP contribution in [0.1, 0.15) is 24.7 Å². The summed E-state index contributed by atoms with van der Waals surface area (Å²) in [6, 6.07) is 20.7. The second kappa shape index (κ2) is 10.1. The Morgan fingerprint density at radius 2 is 1.86 bits per heavy atom. The Bertz CT molecular complexity index is 962. The number of hydrogen-bond donors (Lipinski definition) is 1. The highest BCUT2D eigenvalue weighted by Gasteiger charge is 2.10. The number of carboxylic acids is 1. The van der Waals surface area contributed by atoms with E-state index in [-0.39, 0.29) is 13.0 Å². The molecule has 0 aliphatic rings. The zero-order chi connectivity index (χ0) is 20.5. The molecule has 2 aromatic carbocycles. The van der Waals surface area contributed by atoms with Crippen molar-refractivity contribution in [2.24, 2.45) is 5.16 Å². The first-order valence-electron chi connectivity index (χ1n) is 9.43. The van der Waals surface area contributed by atoms with E-state index in [1.54, 1.807) is 24.3 Å². The topological polar surface area (TPSA) is 81.3 Å². The maximum atomic E-state index is 10.8. The number of benzene rings is 2. The summed E-state index contributed by atoms with van der Waals surface area (Å²) >= 11 is 0. The second-order valence-electron chi connectivity index (χ2n) is 6.32. The molecule has 6 heteroatoms. The van der Waals surface area contributed by atoms with Gasteiger partial charge in [-0.1, -0.05) is 54.5 Å². The van der Waals surface area contributed by atoms with Crippen LogP contribution in [0.3, 0.4) is 0 Å². The van der Waals surface area contributed by atoms with Gasteiger partial charge in [-0.25, -0.2) is 0 Å². The van der Waals surface area contributed by atoms with Crippen molar-refractivity contribution in [1.82, 2.24) is 0 Å². The minimum atomic E-state index is -0.875. The standard InChI is InChI=1S/C23H23NO5/c1-2-20(22-12-11-21(29-22)18-8-4-3-5-9-18)24-28-14-13-27-19-10-6-7-17(15-19)16-23(25)26/h3-12,15H,2,13-14,16H2,1H3,(H,25,26). The first-order valence-corrected chi connectivity index (χ1v) is 9.43. The maximum Gasteiger partial charge on any atom is 0.307 e. The average Bonchev–Trinajstić information content (AvgIpc) is 3.21. The van der Waals surface area contributed by atoms with E-state index in [0.29, 0.717) is 30.1 Å². The Labute approximate surface area is 169 Å². The quantitative estimate of drug-likeness (QED) is 0.304. The molecule has 0 fully saturated rings. The van der Waals surface area contributed by atoms with Gasteiger partial charge in [-0.15, -0.1) is 0 Å². The van der Waals surface area contributed by atoms with Gasteiger partial charge in [-0.2, -0.15) is 0 Å². The van der Waals surface area contributed by atoms with Crippen molar-refractivity contribution >= 4 is 11.7 Å². The third-order valence-electron chi connectivity index (χ3n) is 4.16. The summed E-state index contributed by atoms with van der Waals surface area (Å²) in [5.74, 6) is 1.19. The van der Waals surface area contributed by atoms with Crippen LogP contribution in [0.5, 0.6) is 5.75 Å². The predicted octanol–water partition coefficient (Wildman–Crippen LogP) is 4.78. The summed E-state index contributed by atoms with van der Waals surface area (Å²) in [4.78, 5) is 16.2. The Hall–Kier alpha value is -3.54. The highest BCUT2D eigenvalue weighted by molar-refractivity contribution is 5.98. The molecule has 0 amide bonds. The molecule has 1 N–H and O–H groups in total. The van der Waals surface area contributed by atoms with Crippen LogP contribution in [0.15, 0.2) is 76.3 Å². The maximum absolute atomic E-state index is 10.8. The van der Waals surface area contributed by atoms with E-state index in [9.17, 15) is 4.79 Å². The highest BCUT2D eigenvalue weighted by Crippen LogP contribution is 2.22. The van der Waals surface area contributed by atoms with Gasteiger partial charge in [-0.05, 0) is 36.2 Å². The molecule has 150 valence electrons. The van der Waals surface area contributed by atoms with Crippen LogP contribution < -0.4 is 4.74 Å². The molecule has 6 nitrogen and oxygen atoms in total. The zero-order valence-corrected chi connectivity index (χ0v) is 16.2. The van der Waals surface area contributed by atoms with Crippen molar-refractivity contribution in [2.45, 2.75) is 19.8 Å². The number of carbonyl (C=O) groups is 1.